The Morgan fingerprint density at radius 3 is 1.56 bits per heavy atom. The Kier molecular flexibility index (Phi) is 8.69. The molecule has 0 saturated carbocycles. The lowest BCUT2D eigenvalue weighted by Crippen LogP contribution is -2.07. The van der Waals surface area contributed by atoms with Crippen molar-refractivity contribution in [2.75, 3.05) is 5.73 Å². The first-order valence-corrected chi connectivity index (χ1v) is 18.7. The highest BCUT2D eigenvalue weighted by molar-refractivity contribution is 7.87. The van der Waals surface area contributed by atoms with E-state index >= 15 is 0 Å². The van der Waals surface area contributed by atoms with Crippen LogP contribution >= 0.6 is 0 Å². The molecule has 5 rings (SSSR count). The van der Waals surface area contributed by atoms with E-state index in [4.69, 9.17) is 5.73 Å². The zero-order valence-electron chi connectivity index (χ0n) is 24.0. The van der Waals surface area contributed by atoms with Crippen molar-refractivity contribution in [2.24, 2.45) is 20.5 Å². The molecule has 0 heterocycles. The second kappa shape index (κ2) is 12.1. The minimum Gasteiger partial charge on any atom is -0.399 e. The zero-order valence-corrected chi connectivity index (χ0v) is 27.2. The second-order valence-electron chi connectivity index (χ2n) is 10.1. The molecule has 0 aliphatic carbocycles. The lowest BCUT2D eigenvalue weighted by molar-refractivity contribution is 0.478. The van der Waals surface area contributed by atoms with Crippen LogP contribution < -0.4 is 5.73 Å². The first kappa shape index (κ1) is 34.6. The van der Waals surface area contributed by atoms with E-state index in [1.807, 2.05) is 0 Å². The predicted molar refractivity (Wildman–Crippen MR) is 171 cm³/mol. The molecule has 0 atom stereocenters. The summed E-state index contributed by atoms with van der Waals surface area (Å²) in [6, 6.07) is 13.7. The number of fused-ring (bicyclic) bond motifs is 2. The molecule has 0 aromatic heterocycles. The van der Waals surface area contributed by atoms with Gasteiger partial charge >= 0.3 is 0 Å². The third-order valence-corrected chi connectivity index (χ3v) is 10.3. The molecule has 0 aliphatic rings. The number of nitrogens with two attached hydrogens (primary N) is 1. The van der Waals surface area contributed by atoms with Gasteiger partial charge < -0.3 is 5.73 Å². The summed E-state index contributed by atoms with van der Waals surface area (Å²) >= 11 is 0. The van der Waals surface area contributed by atoms with Gasteiger partial charge in [-0.25, -0.2) is 0 Å². The topological polar surface area (TPSA) is 293 Å². The monoisotopic (exact) mass is 735 g/mol. The van der Waals surface area contributed by atoms with Gasteiger partial charge in [0, 0.05) is 27.2 Å². The maximum atomic E-state index is 12.3. The standard InChI is InChI=1S/C27H21N5O12S4/c1-14-8-15(28)2-5-23(14)30-32-25-7-6-24(19-4-3-17(11-20(19)25)45(33,34)35)31-29-16-9-21-22(26(10-16)47(39,40)41)12-18(46(36,37)38)13-27(21)48(42,43)44/h2-13H,28H2,1H3,(H,33,34,35)(H,36,37,38)(H,39,40,41)(H,42,43,44). The average molecular weight is 736 g/mol. The van der Waals surface area contributed by atoms with Gasteiger partial charge in [0.1, 0.15) is 9.79 Å². The largest absolute Gasteiger partial charge is 0.399 e. The molecule has 0 fully saturated rings. The van der Waals surface area contributed by atoms with E-state index < -0.39 is 76.5 Å². The van der Waals surface area contributed by atoms with Gasteiger partial charge in [-0.05, 0) is 79.2 Å². The molecule has 0 saturated heterocycles. The van der Waals surface area contributed by atoms with Gasteiger partial charge in [-0.3, -0.25) is 18.2 Å². The van der Waals surface area contributed by atoms with E-state index in [1.54, 1.807) is 25.1 Å². The highest BCUT2D eigenvalue weighted by Gasteiger charge is 2.25. The number of anilines is 1. The summed E-state index contributed by atoms with van der Waals surface area (Å²) in [4.78, 5) is -3.76. The first-order valence-electron chi connectivity index (χ1n) is 12.9. The molecule has 6 N–H and O–H groups in total. The molecule has 5 aromatic carbocycles. The molecule has 21 heteroatoms. The predicted octanol–water partition coefficient (Wildman–Crippen LogP) is 5.70. The quantitative estimate of drug-likeness (QED) is 0.0726. The Bertz CT molecular complexity index is 2700. The lowest BCUT2D eigenvalue weighted by Gasteiger charge is -2.11. The zero-order chi connectivity index (χ0) is 35.4. The minimum absolute atomic E-state index is 0.0275. The fourth-order valence-corrected chi connectivity index (χ4v) is 7.18. The van der Waals surface area contributed by atoms with E-state index in [-0.39, 0.29) is 22.1 Å². The molecule has 0 unspecified atom stereocenters. The number of nitrogens with zero attached hydrogens (tertiary/aromatic N) is 4. The van der Waals surface area contributed by atoms with Crippen LogP contribution in [-0.4, -0.2) is 51.9 Å². The van der Waals surface area contributed by atoms with Gasteiger partial charge in [0.05, 0.1) is 32.5 Å². The SMILES string of the molecule is Cc1cc(N)ccc1N=Nc1ccc(N=Nc2cc(S(=O)(=O)O)c3cc(S(=O)(=O)O)cc(S(=O)(=O)O)c3c2)c2ccc(S(=O)(=O)O)cc12. The van der Waals surface area contributed by atoms with Crippen LogP contribution in [0.1, 0.15) is 5.56 Å². The number of rotatable bonds is 8. The number of benzene rings is 5. The molecular weight excluding hydrogens is 715 g/mol. The van der Waals surface area contributed by atoms with Crippen LogP contribution in [0.3, 0.4) is 0 Å². The van der Waals surface area contributed by atoms with Crippen LogP contribution in [0.25, 0.3) is 21.5 Å². The van der Waals surface area contributed by atoms with E-state index in [0.29, 0.717) is 29.1 Å². The molecule has 0 bridgehead atoms. The summed E-state index contributed by atoms with van der Waals surface area (Å²) in [5.74, 6) is 0. The van der Waals surface area contributed by atoms with E-state index in [9.17, 15) is 51.9 Å². The molecule has 250 valence electrons. The number of aryl methyl sites for hydroxylation is 1. The van der Waals surface area contributed by atoms with E-state index in [2.05, 4.69) is 20.5 Å². The minimum atomic E-state index is -5.26. The van der Waals surface area contributed by atoms with Crippen LogP contribution in [-0.2, 0) is 40.5 Å². The van der Waals surface area contributed by atoms with Crippen molar-refractivity contribution in [2.45, 2.75) is 26.5 Å². The van der Waals surface area contributed by atoms with Gasteiger partial charge in [-0.2, -0.15) is 43.9 Å². The Hall–Kier alpha value is -4.74. The van der Waals surface area contributed by atoms with Gasteiger partial charge in [-0.1, -0.05) is 6.07 Å². The molecule has 5 aromatic rings. The molecule has 17 nitrogen and oxygen atoms in total. The Balaban J connectivity index is 1.72. The van der Waals surface area contributed by atoms with Crippen molar-refractivity contribution in [3.8, 4) is 0 Å². The lowest BCUT2D eigenvalue weighted by atomic mass is 10.1. The third-order valence-electron chi connectivity index (χ3n) is 6.81. The Morgan fingerprint density at radius 1 is 0.479 bits per heavy atom. The van der Waals surface area contributed by atoms with E-state index in [1.165, 1.54) is 18.2 Å². The van der Waals surface area contributed by atoms with Crippen LogP contribution in [0.4, 0.5) is 28.4 Å². The number of azo groups is 2. The highest BCUT2D eigenvalue weighted by Crippen LogP contribution is 2.39. The van der Waals surface area contributed by atoms with Crippen molar-refractivity contribution in [1.29, 1.82) is 0 Å². The smallest absolute Gasteiger partial charge is 0.295 e. The molecule has 0 radical (unpaired) electrons. The van der Waals surface area contributed by atoms with Crippen LogP contribution in [0, 0.1) is 6.92 Å². The Morgan fingerprint density at radius 2 is 0.979 bits per heavy atom. The summed E-state index contributed by atoms with van der Waals surface area (Å²) < 4.78 is 135. The van der Waals surface area contributed by atoms with Crippen molar-refractivity contribution in [3.63, 3.8) is 0 Å². The van der Waals surface area contributed by atoms with Gasteiger partial charge in [0.25, 0.3) is 40.5 Å². The summed E-state index contributed by atoms with van der Waals surface area (Å²) in [6.07, 6.45) is 0. The first-order chi connectivity index (χ1) is 22.1. The van der Waals surface area contributed by atoms with Crippen molar-refractivity contribution < 1.29 is 51.9 Å². The van der Waals surface area contributed by atoms with Crippen molar-refractivity contribution in [1.82, 2.24) is 0 Å². The molecular formula is C27H21N5O12S4. The molecule has 0 aliphatic heterocycles. The molecule has 0 spiro atoms. The average Bonchev–Trinajstić information content (AvgIpc) is 2.96. The van der Waals surface area contributed by atoms with Gasteiger partial charge in [0.2, 0.25) is 0 Å². The normalized spacial score (nSPS) is 13.3. The maximum Gasteiger partial charge on any atom is 0.295 e. The Labute approximate surface area is 272 Å². The molecule has 48 heavy (non-hydrogen) atoms. The second-order valence-corrected chi connectivity index (χ2v) is 15.7. The van der Waals surface area contributed by atoms with E-state index in [0.717, 1.165) is 24.3 Å². The van der Waals surface area contributed by atoms with Crippen molar-refractivity contribution >= 4 is 90.5 Å². The van der Waals surface area contributed by atoms with Crippen LogP contribution in [0.15, 0.2) is 113 Å². The van der Waals surface area contributed by atoms with Gasteiger partial charge in [-0.15, -0.1) is 10.2 Å². The number of nitrogen functional groups attached to an aromatic ring is 1. The molecule has 0 amide bonds. The summed E-state index contributed by atoms with van der Waals surface area (Å²) in [7, 11) is -20.3. The number of hydrogen-bond acceptors (Lipinski definition) is 13. The fraction of sp³-hybridized carbons (Fsp3) is 0.0370. The van der Waals surface area contributed by atoms with Crippen LogP contribution in [0.2, 0.25) is 0 Å². The summed E-state index contributed by atoms with van der Waals surface area (Å²) in [5.41, 5.74) is 7.17. The van der Waals surface area contributed by atoms with Crippen molar-refractivity contribution in [3.05, 3.63) is 78.4 Å². The number of hydrogen-bond donors (Lipinski definition) is 5. The fourth-order valence-electron chi connectivity index (χ4n) is 4.63. The summed E-state index contributed by atoms with van der Waals surface area (Å²) in [5, 5.41) is 15.4. The summed E-state index contributed by atoms with van der Waals surface area (Å²) in [6.45, 7) is 1.75. The maximum absolute atomic E-state index is 12.3. The third kappa shape index (κ3) is 7.22. The highest BCUT2D eigenvalue weighted by atomic mass is 32.2. The van der Waals surface area contributed by atoms with Gasteiger partial charge in [0.15, 0.2) is 0 Å². The van der Waals surface area contributed by atoms with Crippen LogP contribution in [0.5, 0.6) is 0 Å².